The SMILES string of the molecule is COC(=O)C[C@@H]1COc2cc(O[C@@H]3CCc4c3ccc(C(F)(F)F)c4-c3ccc(O[C@H]4CCN(S(C)(=O)=O)C4)cc3)ccc21. The van der Waals surface area contributed by atoms with Gasteiger partial charge in [0, 0.05) is 24.1 Å². The smallest absolute Gasteiger partial charge is 0.417 e. The summed E-state index contributed by atoms with van der Waals surface area (Å²) in [5, 5.41) is 0. The van der Waals surface area contributed by atoms with Gasteiger partial charge in [-0.1, -0.05) is 24.3 Å². The molecule has 2 aliphatic heterocycles. The molecule has 6 rings (SSSR count). The van der Waals surface area contributed by atoms with Crippen LogP contribution in [0.2, 0.25) is 0 Å². The Bertz CT molecular complexity index is 1670. The summed E-state index contributed by atoms with van der Waals surface area (Å²) in [6.07, 6.45) is -2.53. The third-order valence-corrected chi connectivity index (χ3v) is 9.73. The van der Waals surface area contributed by atoms with E-state index in [1.54, 1.807) is 36.4 Å². The Morgan fingerprint density at radius 2 is 1.73 bits per heavy atom. The second-order valence-electron chi connectivity index (χ2n) is 11.4. The number of ether oxygens (including phenoxy) is 4. The monoisotopic (exact) mass is 631 g/mol. The summed E-state index contributed by atoms with van der Waals surface area (Å²) in [5.41, 5.74) is 2.00. The lowest BCUT2D eigenvalue weighted by molar-refractivity contribution is -0.141. The molecule has 0 saturated carbocycles. The zero-order chi connectivity index (χ0) is 31.2. The van der Waals surface area contributed by atoms with Crippen LogP contribution in [-0.2, 0) is 32.2 Å². The lowest BCUT2D eigenvalue weighted by Crippen LogP contribution is -2.29. The van der Waals surface area contributed by atoms with Crippen LogP contribution in [0.5, 0.6) is 17.2 Å². The quantitative estimate of drug-likeness (QED) is 0.287. The van der Waals surface area contributed by atoms with Gasteiger partial charge in [-0.05, 0) is 65.8 Å². The van der Waals surface area contributed by atoms with Gasteiger partial charge in [0.05, 0.1) is 38.5 Å². The summed E-state index contributed by atoms with van der Waals surface area (Å²) >= 11 is 0. The Hall–Kier alpha value is -3.77. The molecule has 0 unspecified atom stereocenters. The van der Waals surface area contributed by atoms with Crippen LogP contribution in [-0.4, -0.2) is 57.9 Å². The molecule has 8 nitrogen and oxygen atoms in total. The van der Waals surface area contributed by atoms with Crippen LogP contribution < -0.4 is 14.2 Å². The molecule has 0 N–H and O–H groups in total. The highest BCUT2D eigenvalue weighted by Crippen LogP contribution is 2.47. The van der Waals surface area contributed by atoms with E-state index < -0.39 is 27.9 Å². The van der Waals surface area contributed by atoms with Gasteiger partial charge in [0.2, 0.25) is 10.0 Å². The molecule has 3 atom stereocenters. The Balaban J connectivity index is 1.23. The fraction of sp³-hybridized carbons (Fsp3) is 0.406. The number of benzene rings is 3. The molecule has 44 heavy (non-hydrogen) atoms. The number of fused-ring (bicyclic) bond motifs is 2. The highest BCUT2D eigenvalue weighted by atomic mass is 32.2. The van der Waals surface area contributed by atoms with Crippen LogP contribution in [0.3, 0.4) is 0 Å². The van der Waals surface area contributed by atoms with Gasteiger partial charge in [-0.3, -0.25) is 4.79 Å². The summed E-state index contributed by atoms with van der Waals surface area (Å²) in [5.74, 6) is 1.18. The van der Waals surface area contributed by atoms with Crippen LogP contribution >= 0.6 is 0 Å². The molecule has 1 aliphatic carbocycles. The van der Waals surface area contributed by atoms with Crippen molar-refractivity contribution in [2.45, 2.75) is 50.0 Å². The van der Waals surface area contributed by atoms with Crippen LogP contribution in [0.1, 0.15) is 53.5 Å². The predicted molar refractivity (Wildman–Crippen MR) is 155 cm³/mol. The first-order chi connectivity index (χ1) is 20.9. The lowest BCUT2D eigenvalue weighted by Gasteiger charge is -2.20. The molecule has 0 spiro atoms. The van der Waals surface area contributed by atoms with Crippen LogP contribution in [0.4, 0.5) is 13.2 Å². The number of sulfonamides is 1. The van der Waals surface area contributed by atoms with Crippen LogP contribution in [0, 0.1) is 0 Å². The molecule has 2 heterocycles. The number of halogens is 3. The number of carbonyl (C=O) groups excluding carboxylic acids is 1. The second kappa shape index (κ2) is 11.6. The van der Waals surface area contributed by atoms with Gasteiger partial charge in [-0.2, -0.15) is 17.5 Å². The molecule has 3 aliphatic rings. The Labute approximate surface area is 253 Å². The van der Waals surface area contributed by atoms with Crippen molar-refractivity contribution < 1.29 is 45.3 Å². The van der Waals surface area contributed by atoms with E-state index in [0.717, 1.165) is 17.9 Å². The van der Waals surface area contributed by atoms with Crippen LogP contribution in [0.25, 0.3) is 11.1 Å². The Morgan fingerprint density at radius 3 is 2.41 bits per heavy atom. The van der Waals surface area contributed by atoms with Crippen molar-refractivity contribution in [1.29, 1.82) is 0 Å². The third kappa shape index (κ3) is 6.10. The standard InChI is InChI=1S/C32H32F3NO7S/c1-40-30(37)15-20-18-41-29-16-22(7-8-24(20)29)43-28-12-10-26-25(28)9-11-27(32(33,34)35)31(26)19-3-5-21(6-4-19)42-23-13-14-36(17-23)44(2,38)39/h3-9,11,16,20,23,28H,10,12-15,17-18H2,1-2H3/t20-,23+,28-/m1/s1. The normalized spacial score (nSPS) is 21.4. The van der Waals surface area contributed by atoms with Gasteiger partial charge in [0.25, 0.3) is 0 Å². The van der Waals surface area contributed by atoms with Gasteiger partial charge in [0.15, 0.2) is 0 Å². The molecule has 12 heteroatoms. The van der Waals surface area contributed by atoms with E-state index in [9.17, 15) is 26.4 Å². The maximum atomic E-state index is 14.2. The fourth-order valence-electron chi connectivity index (χ4n) is 6.29. The maximum Gasteiger partial charge on any atom is 0.417 e. The largest absolute Gasteiger partial charge is 0.492 e. The molecule has 0 radical (unpaired) electrons. The van der Waals surface area contributed by atoms with E-state index in [-0.39, 0.29) is 36.5 Å². The van der Waals surface area contributed by atoms with Crippen molar-refractivity contribution in [2.24, 2.45) is 0 Å². The number of carbonyl (C=O) groups is 1. The van der Waals surface area contributed by atoms with Crippen molar-refractivity contribution in [3.8, 4) is 28.4 Å². The van der Waals surface area contributed by atoms with E-state index >= 15 is 0 Å². The second-order valence-corrected chi connectivity index (χ2v) is 13.3. The molecule has 1 fully saturated rings. The summed E-state index contributed by atoms with van der Waals surface area (Å²) in [6, 6.07) is 14.5. The van der Waals surface area contributed by atoms with Crippen molar-refractivity contribution in [2.75, 3.05) is 33.1 Å². The minimum Gasteiger partial charge on any atom is -0.492 e. The topological polar surface area (TPSA) is 91.4 Å². The summed E-state index contributed by atoms with van der Waals surface area (Å²) < 4.78 is 90.5. The first-order valence-corrected chi connectivity index (χ1v) is 16.2. The Kier molecular flexibility index (Phi) is 8.00. The summed E-state index contributed by atoms with van der Waals surface area (Å²) in [4.78, 5) is 11.7. The van der Waals surface area contributed by atoms with E-state index in [4.69, 9.17) is 18.9 Å². The highest BCUT2D eigenvalue weighted by Gasteiger charge is 2.38. The molecule has 1 saturated heterocycles. The number of rotatable bonds is 8. The van der Waals surface area contributed by atoms with Crippen LogP contribution in [0.15, 0.2) is 54.6 Å². The average molecular weight is 632 g/mol. The Morgan fingerprint density at radius 1 is 1.00 bits per heavy atom. The first-order valence-electron chi connectivity index (χ1n) is 14.4. The van der Waals surface area contributed by atoms with E-state index in [1.807, 2.05) is 6.07 Å². The third-order valence-electron chi connectivity index (χ3n) is 8.46. The van der Waals surface area contributed by atoms with Crippen molar-refractivity contribution in [3.05, 3.63) is 76.9 Å². The van der Waals surface area contributed by atoms with E-state index in [2.05, 4.69) is 0 Å². The molecular weight excluding hydrogens is 599 g/mol. The molecule has 0 amide bonds. The van der Waals surface area contributed by atoms with Crippen molar-refractivity contribution >= 4 is 16.0 Å². The van der Waals surface area contributed by atoms with Gasteiger partial charge in [-0.15, -0.1) is 0 Å². The summed E-state index contributed by atoms with van der Waals surface area (Å²) in [6.45, 7) is 0.953. The van der Waals surface area contributed by atoms with Gasteiger partial charge in [-0.25, -0.2) is 8.42 Å². The summed E-state index contributed by atoms with van der Waals surface area (Å²) in [7, 11) is -1.97. The lowest BCUT2D eigenvalue weighted by atomic mass is 9.91. The van der Waals surface area contributed by atoms with Gasteiger partial charge >= 0.3 is 12.1 Å². The molecule has 0 bridgehead atoms. The van der Waals surface area contributed by atoms with E-state index in [1.165, 1.54) is 17.5 Å². The molecule has 3 aromatic carbocycles. The number of methoxy groups -OCH3 is 1. The molecule has 3 aromatic rings. The molecule has 234 valence electrons. The highest BCUT2D eigenvalue weighted by molar-refractivity contribution is 7.88. The fourth-order valence-corrected chi connectivity index (χ4v) is 7.16. The zero-order valence-electron chi connectivity index (χ0n) is 24.2. The number of hydrogen-bond donors (Lipinski definition) is 0. The molecular formula is C32H32F3NO7S. The van der Waals surface area contributed by atoms with Crippen molar-refractivity contribution in [1.82, 2.24) is 4.31 Å². The van der Waals surface area contributed by atoms with Crippen molar-refractivity contribution in [3.63, 3.8) is 0 Å². The zero-order valence-corrected chi connectivity index (χ0v) is 25.0. The number of alkyl halides is 3. The van der Waals surface area contributed by atoms with E-state index in [0.29, 0.717) is 66.4 Å². The van der Waals surface area contributed by atoms with Gasteiger partial charge < -0.3 is 18.9 Å². The molecule has 0 aromatic heterocycles. The number of hydrogen-bond acceptors (Lipinski definition) is 7. The predicted octanol–water partition coefficient (Wildman–Crippen LogP) is 5.89. The minimum absolute atomic E-state index is 0.112. The average Bonchev–Trinajstić information content (AvgIpc) is 3.72. The first kappa shape index (κ1) is 30.3. The maximum absolute atomic E-state index is 14.2. The number of esters is 1. The minimum atomic E-state index is -4.56. The van der Waals surface area contributed by atoms with Gasteiger partial charge in [0.1, 0.15) is 29.5 Å². The number of nitrogens with zero attached hydrogens (tertiary/aromatic N) is 1.